The van der Waals surface area contributed by atoms with Gasteiger partial charge in [0.05, 0.1) is 11.4 Å². The van der Waals surface area contributed by atoms with E-state index in [4.69, 9.17) is 0 Å². The Morgan fingerprint density at radius 3 is 2.08 bits per heavy atom. The maximum absolute atomic E-state index is 12.6. The van der Waals surface area contributed by atoms with Gasteiger partial charge in [0.15, 0.2) is 0 Å². The number of hydrogen-bond acceptors (Lipinski definition) is 3. The van der Waals surface area contributed by atoms with Crippen LogP contribution in [0.1, 0.15) is 30.9 Å². The van der Waals surface area contributed by atoms with E-state index in [1.807, 2.05) is 60.7 Å². The molecule has 3 heteroatoms. The van der Waals surface area contributed by atoms with Gasteiger partial charge in [0, 0.05) is 6.54 Å². The Morgan fingerprint density at radius 1 is 1.08 bits per heavy atom. The minimum Gasteiger partial charge on any atom is -0.549 e. The fourth-order valence-corrected chi connectivity index (χ4v) is 4.14. The van der Waals surface area contributed by atoms with E-state index in [1.54, 1.807) is 0 Å². The first-order valence-corrected chi connectivity index (χ1v) is 8.74. The molecule has 126 valence electrons. The molecule has 24 heavy (non-hydrogen) atoms. The van der Waals surface area contributed by atoms with E-state index in [0.717, 1.165) is 43.6 Å². The van der Waals surface area contributed by atoms with Crippen LogP contribution in [0.3, 0.4) is 0 Å². The van der Waals surface area contributed by atoms with Crippen molar-refractivity contribution in [2.75, 3.05) is 19.6 Å². The molecule has 1 aliphatic heterocycles. The zero-order chi connectivity index (χ0) is 17.0. The molecule has 0 spiro atoms. The Bertz CT molecular complexity index is 629. The molecule has 2 aromatic rings. The molecule has 1 aliphatic rings. The quantitative estimate of drug-likeness (QED) is 0.849. The number of nitrogens with zero attached hydrogens (tertiary/aromatic N) is 1. The lowest BCUT2D eigenvalue weighted by Gasteiger charge is -2.47. The zero-order valence-electron chi connectivity index (χ0n) is 14.2. The van der Waals surface area contributed by atoms with Crippen LogP contribution in [0.15, 0.2) is 60.7 Å². The number of likely N-dealkylation sites (tertiary alicyclic amines) is 1. The number of carboxylic acids is 1. The van der Waals surface area contributed by atoms with Gasteiger partial charge in [-0.2, -0.15) is 0 Å². The summed E-state index contributed by atoms with van der Waals surface area (Å²) in [5, 5.41) is 12.6. The molecular weight excluding hydrogens is 298 g/mol. The third-order valence-electron chi connectivity index (χ3n) is 5.35. The van der Waals surface area contributed by atoms with E-state index in [0.29, 0.717) is 0 Å². The minimum atomic E-state index is -1.10. The number of carbonyl (C=O) groups is 1. The maximum Gasteiger partial charge on any atom is 0.0637 e. The van der Waals surface area contributed by atoms with Gasteiger partial charge in [-0.05, 0) is 43.0 Å². The average molecular weight is 322 g/mol. The highest BCUT2D eigenvalue weighted by molar-refractivity contribution is 5.85. The smallest absolute Gasteiger partial charge is 0.0637 e. The summed E-state index contributed by atoms with van der Waals surface area (Å²) in [6.45, 7) is 4.91. The number of aliphatic carboxylic acids is 1. The van der Waals surface area contributed by atoms with Gasteiger partial charge in [0.25, 0.3) is 0 Å². The van der Waals surface area contributed by atoms with Crippen LogP contribution < -0.4 is 5.11 Å². The second-order valence-electron chi connectivity index (χ2n) is 6.56. The lowest BCUT2D eigenvalue weighted by atomic mass is 9.63. The van der Waals surface area contributed by atoms with Crippen molar-refractivity contribution in [3.05, 3.63) is 71.8 Å². The van der Waals surface area contributed by atoms with Gasteiger partial charge < -0.3 is 14.8 Å². The molecule has 1 fully saturated rings. The second kappa shape index (κ2) is 7.18. The van der Waals surface area contributed by atoms with Gasteiger partial charge in [-0.15, -0.1) is 0 Å². The minimum absolute atomic E-state index is 0.000926. The van der Waals surface area contributed by atoms with E-state index in [-0.39, 0.29) is 5.92 Å². The van der Waals surface area contributed by atoms with Gasteiger partial charge in [-0.3, -0.25) is 0 Å². The number of benzene rings is 2. The van der Waals surface area contributed by atoms with Crippen molar-refractivity contribution in [3.8, 4) is 0 Å². The van der Waals surface area contributed by atoms with Crippen molar-refractivity contribution in [1.29, 1.82) is 0 Å². The number of rotatable bonds is 5. The normalized spacial score (nSPS) is 19.1. The number of piperidine rings is 1. The van der Waals surface area contributed by atoms with Crippen molar-refractivity contribution >= 4 is 5.97 Å². The predicted octanol–water partition coefficient (Wildman–Crippen LogP) is 2.45. The van der Waals surface area contributed by atoms with Gasteiger partial charge >= 0.3 is 0 Å². The molecule has 1 saturated heterocycles. The van der Waals surface area contributed by atoms with Crippen LogP contribution in [-0.4, -0.2) is 30.5 Å². The molecule has 3 nitrogen and oxygen atoms in total. The average Bonchev–Trinajstić information content (AvgIpc) is 2.64. The highest BCUT2D eigenvalue weighted by Crippen LogP contribution is 2.43. The maximum atomic E-state index is 12.6. The molecule has 0 radical (unpaired) electrons. The van der Waals surface area contributed by atoms with Gasteiger partial charge in [0.1, 0.15) is 0 Å². The molecule has 0 bridgehead atoms. The third-order valence-corrected chi connectivity index (χ3v) is 5.35. The van der Waals surface area contributed by atoms with E-state index < -0.39 is 11.4 Å². The summed E-state index contributed by atoms with van der Waals surface area (Å²) in [5.74, 6) is -0.996. The van der Waals surface area contributed by atoms with Crippen LogP contribution in [0.25, 0.3) is 0 Å². The molecule has 3 rings (SSSR count). The van der Waals surface area contributed by atoms with Gasteiger partial charge in [-0.25, -0.2) is 0 Å². The number of carbonyl (C=O) groups excluding carboxylic acids is 1. The largest absolute Gasteiger partial charge is 0.549 e. The van der Waals surface area contributed by atoms with E-state index >= 15 is 0 Å². The topological polar surface area (TPSA) is 43.4 Å². The van der Waals surface area contributed by atoms with E-state index in [1.165, 1.54) is 0 Å². The SMILES string of the molecule is CCN1CCCC(C(C(=O)[O-])(c2ccccc2)c2ccccc2)C1. The molecule has 2 aromatic carbocycles. The number of hydrogen-bond donors (Lipinski definition) is 0. The van der Waals surface area contributed by atoms with Crippen molar-refractivity contribution in [1.82, 2.24) is 4.90 Å². The summed E-state index contributed by atoms with van der Waals surface area (Å²) < 4.78 is 0. The van der Waals surface area contributed by atoms with Gasteiger partial charge in [-0.1, -0.05) is 67.6 Å². The molecule has 0 aliphatic carbocycles. The molecule has 1 atom stereocenters. The third kappa shape index (κ3) is 2.84. The fraction of sp³-hybridized carbons (Fsp3) is 0.381. The summed E-state index contributed by atoms with van der Waals surface area (Å²) in [6.07, 6.45) is 1.92. The van der Waals surface area contributed by atoms with Crippen LogP contribution in [0, 0.1) is 5.92 Å². The Morgan fingerprint density at radius 2 is 1.62 bits per heavy atom. The van der Waals surface area contributed by atoms with Crippen molar-refractivity contribution < 1.29 is 9.90 Å². The summed E-state index contributed by atoms with van der Waals surface area (Å²) in [5.41, 5.74) is 0.536. The Kier molecular flexibility index (Phi) is 5.00. The highest BCUT2D eigenvalue weighted by atomic mass is 16.4. The lowest BCUT2D eigenvalue weighted by Crippen LogP contribution is -2.56. The van der Waals surface area contributed by atoms with Crippen LogP contribution in [0.4, 0.5) is 0 Å². The van der Waals surface area contributed by atoms with Crippen molar-refractivity contribution in [2.45, 2.75) is 25.2 Å². The van der Waals surface area contributed by atoms with Crippen molar-refractivity contribution in [3.63, 3.8) is 0 Å². The molecule has 0 aromatic heterocycles. The first kappa shape index (κ1) is 16.7. The summed E-state index contributed by atoms with van der Waals surface area (Å²) in [4.78, 5) is 14.9. The van der Waals surface area contributed by atoms with Crippen molar-refractivity contribution in [2.24, 2.45) is 5.92 Å². The van der Waals surface area contributed by atoms with Crippen LogP contribution in [-0.2, 0) is 10.2 Å². The zero-order valence-corrected chi connectivity index (χ0v) is 14.2. The monoisotopic (exact) mass is 322 g/mol. The van der Waals surface area contributed by atoms with Crippen LogP contribution in [0.2, 0.25) is 0 Å². The summed E-state index contributed by atoms with van der Waals surface area (Å²) in [6, 6.07) is 19.2. The standard InChI is InChI=1S/C21H25NO2/c1-2-22-15-9-14-19(16-22)21(20(23)24,17-10-5-3-6-11-17)18-12-7-4-8-13-18/h3-8,10-13,19H,2,9,14-16H2,1H3,(H,23,24)/p-1. The second-order valence-corrected chi connectivity index (χ2v) is 6.56. The molecule has 0 amide bonds. The molecule has 0 saturated carbocycles. The van der Waals surface area contributed by atoms with E-state index in [2.05, 4.69) is 11.8 Å². The summed E-state index contributed by atoms with van der Waals surface area (Å²) >= 11 is 0. The molecule has 0 N–H and O–H groups in total. The Labute approximate surface area is 143 Å². The Balaban J connectivity index is 2.17. The van der Waals surface area contributed by atoms with Crippen LogP contribution in [0.5, 0.6) is 0 Å². The lowest BCUT2D eigenvalue weighted by molar-refractivity contribution is -0.314. The van der Waals surface area contributed by atoms with Gasteiger partial charge in [0.2, 0.25) is 0 Å². The molecular formula is C21H24NO2-. The molecule has 1 heterocycles. The Hall–Kier alpha value is -2.13. The first-order chi connectivity index (χ1) is 11.7. The van der Waals surface area contributed by atoms with Crippen LogP contribution >= 0.6 is 0 Å². The summed E-state index contributed by atoms with van der Waals surface area (Å²) in [7, 11) is 0. The highest BCUT2D eigenvalue weighted by Gasteiger charge is 2.44. The first-order valence-electron chi connectivity index (χ1n) is 8.74. The molecule has 1 unspecified atom stereocenters. The van der Waals surface area contributed by atoms with E-state index in [9.17, 15) is 9.90 Å². The fourth-order valence-electron chi connectivity index (χ4n) is 4.14. The predicted molar refractivity (Wildman–Crippen MR) is 93.5 cm³/mol. The number of carboxylic acid groups (broad SMARTS) is 1.